The highest BCUT2D eigenvalue weighted by atomic mass is 19.2. The minimum Gasteiger partial charge on any atom is -0.340 e. The molecular formula is C13H14F2N2O. The molecule has 96 valence electrons. The lowest BCUT2D eigenvalue weighted by atomic mass is 10.1. The first-order chi connectivity index (χ1) is 8.58. The third-order valence-electron chi connectivity index (χ3n) is 2.45. The zero-order chi connectivity index (χ0) is 13.5. The van der Waals surface area contributed by atoms with Crippen LogP contribution in [0.5, 0.6) is 0 Å². The summed E-state index contributed by atoms with van der Waals surface area (Å²) in [7, 11) is 0. The van der Waals surface area contributed by atoms with Crippen molar-refractivity contribution in [3.05, 3.63) is 35.4 Å². The maximum absolute atomic E-state index is 13.3. The summed E-state index contributed by atoms with van der Waals surface area (Å²) in [5.74, 6) is -2.48. The van der Waals surface area contributed by atoms with Gasteiger partial charge >= 0.3 is 0 Å². The normalized spacial score (nSPS) is 11.7. The van der Waals surface area contributed by atoms with E-state index in [4.69, 9.17) is 5.26 Å². The molecular weight excluding hydrogens is 238 g/mol. The Balaban J connectivity index is 2.65. The number of carbonyl (C=O) groups is 1. The molecule has 0 saturated heterocycles. The van der Waals surface area contributed by atoms with Crippen LogP contribution in [-0.4, -0.2) is 11.9 Å². The quantitative estimate of drug-likeness (QED) is 0.874. The number of amides is 1. The summed E-state index contributed by atoms with van der Waals surface area (Å²) in [5.41, 5.74) is -0.0133. The zero-order valence-corrected chi connectivity index (χ0v) is 10.0. The molecule has 1 unspecified atom stereocenters. The first-order valence-corrected chi connectivity index (χ1v) is 5.70. The second-order valence-corrected chi connectivity index (χ2v) is 3.93. The van der Waals surface area contributed by atoms with Crippen molar-refractivity contribution in [1.82, 2.24) is 5.32 Å². The molecule has 1 atom stereocenters. The molecule has 0 radical (unpaired) electrons. The number of nitrogens with one attached hydrogen (secondary N) is 1. The number of halogens is 2. The van der Waals surface area contributed by atoms with Crippen LogP contribution in [0.4, 0.5) is 8.78 Å². The van der Waals surface area contributed by atoms with Crippen LogP contribution >= 0.6 is 0 Å². The van der Waals surface area contributed by atoms with Gasteiger partial charge in [0.15, 0.2) is 11.6 Å². The number of nitriles is 1. The first-order valence-electron chi connectivity index (χ1n) is 5.70. The van der Waals surface area contributed by atoms with Crippen molar-refractivity contribution in [2.75, 3.05) is 0 Å². The highest BCUT2D eigenvalue weighted by Crippen LogP contribution is 2.12. The molecule has 0 spiro atoms. The van der Waals surface area contributed by atoms with Crippen molar-refractivity contribution in [3.8, 4) is 6.07 Å². The summed E-state index contributed by atoms with van der Waals surface area (Å²) in [5, 5.41) is 11.2. The van der Waals surface area contributed by atoms with Crippen molar-refractivity contribution in [1.29, 1.82) is 5.26 Å². The fraction of sp³-hybridized carbons (Fsp3) is 0.385. The van der Waals surface area contributed by atoms with Crippen molar-refractivity contribution in [2.45, 2.75) is 32.2 Å². The molecule has 1 N–H and O–H groups in total. The molecule has 0 aromatic heterocycles. The van der Waals surface area contributed by atoms with Gasteiger partial charge in [0.1, 0.15) is 6.04 Å². The molecule has 0 heterocycles. The predicted molar refractivity (Wildman–Crippen MR) is 62.5 cm³/mol. The van der Waals surface area contributed by atoms with Gasteiger partial charge in [-0.15, -0.1) is 0 Å². The number of carbonyl (C=O) groups excluding carboxylic acids is 1. The van der Waals surface area contributed by atoms with Crippen LogP contribution < -0.4 is 5.32 Å². The lowest BCUT2D eigenvalue weighted by Crippen LogP contribution is -2.34. The van der Waals surface area contributed by atoms with Crippen LogP contribution in [-0.2, 0) is 11.2 Å². The number of rotatable bonds is 5. The van der Waals surface area contributed by atoms with Gasteiger partial charge in [-0.05, 0) is 12.5 Å². The Morgan fingerprint density at radius 2 is 2.22 bits per heavy atom. The van der Waals surface area contributed by atoms with Crippen molar-refractivity contribution >= 4 is 5.91 Å². The predicted octanol–water partition coefficient (Wildman–Crippen LogP) is 2.32. The van der Waals surface area contributed by atoms with Gasteiger partial charge in [-0.3, -0.25) is 4.79 Å². The molecule has 0 aliphatic heterocycles. The molecule has 0 aliphatic rings. The summed E-state index contributed by atoms with van der Waals surface area (Å²) < 4.78 is 26.2. The molecule has 5 heteroatoms. The van der Waals surface area contributed by atoms with Gasteiger partial charge in [0.2, 0.25) is 5.91 Å². The van der Waals surface area contributed by atoms with E-state index < -0.39 is 23.6 Å². The van der Waals surface area contributed by atoms with Crippen LogP contribution in [0.1, 0.15) is 25.3 Å². The van der Waals surface area contributed by atoms with Gasteiger partial charge < -0.3 is 5.32 Å². The molecule has 1 aromatic rings. The highest BCUT2D eigenvalue weighted by molar-refractivity contribution is 5.79. The molecule has 0 saturated carbocycles. The molecule has 0 aliphatic carbocycles. The molecule has 3 nitrogen and oxygen atoms in total. The Kier molecular flexibility index (Phi) is 5.25. The SMILES string of the molecule is CCCC(C#N)NC(=O)Cc1cccc(F)c1F. The van der Waals surface area contributed by atoms with Crippen LogP contribution in [0.2, 0.25) is 0 Å². The highest BCUT2D eigenvalue weighted by Gasteiger charge is 2.14. The summed E-state index contributed by atoms with van der Waals surface area (Å²) in [6.07, 6.45) is 1.02. The summed E-state index contributed by atoms with van der Waals surface area (Å²) in [6.45, 7) is 1.89. The lowest BCUT2D eigenvalue weighted by Gasteiger charge is -2.10. The Bertz CT molecular complexity index is 469. The van der Waals surface area contributed by atoms with Crippen molar-refractivity contribution in [2.24, 2.45) is 0 Å². The van der Waals surface area contributed by atoms with Gasteiger partial charge in [0, 0.05) is 5.56 Å². The van der Waals surface area contributed by atoms with Gasteiger partial charge in [0.25, 0.3) is 0 Å². The number of hydrogen-bond donors (Lipinski definition) is 1. The molecule has 18 heavy (non-hydrogen) atoms. The summed E-state index contributed by atoms with van der Waals surface area (Å²) in [6, 6.07) is 5.04. The van der Waals surface area contributed by atoms with Crippen molar-refractivity contribution < 1.29 is 13.6 Å². The minimum absolute atomic E-state index is 0.0133. The standard InChI is InChI=1S/C13H14F2N2O/c1-2-4-10(8-16)17-12(18)7-9-5-3-6-11(14)13(9)15/h3,5-6,10H,2,4,7H2,1H3,(H,17,18). The monoisotopic (exact) mass is 252 g/mol. The van der Waals surface area contributed by atoms with Gasteiger partial charge in [-0.2, -0.15) is 5.26 Å². The van der Waals surface area contributed by atoms with Crippen LogP contribution in [0.3, 0.4) is 0 Å². The molecule has 1 amide bonds. The Labute approximate surface area is 104 Å². The third kappa shape index (κ3) is 3.81. The van der Waals surface area contributed by atoms with E-state index in [1.54, 1.807) is 0 Å². The van der Waals surface area contributed by atoms with Crippen LogP contribution in [0, 0.1) is 23.0 Å². The van der Waals surface area contributed by atoms with Gasteiger partial charge in [0.05, 0.1) is 12.5 Å². The third-order valence-corrected chi connectivity index (χ3v) is 2.45. The second kappa shape index (κ2) is 6.70. The molecule has 0 bridgehead atoms. The fourth-order valence-electron chi connectivity index (χ4n) is 1.56. The fourth-order valence-corrected chi connectivity index (χ4v) is 1.56. The second-order valence-electron chi connectivity index (χ2n) is 3.93. The average Bonchev–Trinajstić information content (AvgIpc) is 2.34. The van der Waals surface area contributed by atoms with Crippen LogP contribution in [0.25, 0.3) is 0 Å². The first kappa shape index (κ1) is 14.1. The van der Waals surface area contributed by atoms with E-state index in [-0.39, 0.29) is 12.0 Å². The largest absolute Gasteiger partial charge is 0.340 e. The zero-order valence-electron chi connectivity index (χ0n) is 10.0. The van der Waals surface area contributed by atoms with E-state index in [1.807, 2.05) is 13.0 Å². The van der Waals surface area contributed by atoms with Crippen molar-refractivity contribution in [3.63, 3.8) is 0 Å². The van der Waals surface area contributed by atoms with Crippen LogP contribution in [0.15, 0.2) is 18.2 Å². The van der Waals surface area contributed by atoms with E-state index in [0.29, 0.717) is 6.42 Å². The minimum atomic E-state index is -1.02. The Morgan fingerprint density at radius 1 is 1.50 bits per heavy atom. The lowest BCUT2D eigenvalue weighted by molar-refractivity contribution is -0.120. The molecule has 0 fully saturated rings. The van der Waals surface area contributed by atoms with E-state index in [9.17, 15) is 13.6 Å². The summed E-state index contributed by atoms with van der Waals surface area (Å²) >= 11 is 0. The number of hydrogen-bond acceptors (Lipinski definition) is 2. The van der Waals surface area contributed by atoms with E-state index in [0.717, 1.165) is 12.5 Å². The Morgan fingerprint density at radius 3 is 2.83 bits per heavy atom. The maximum Gasteiger partial charge on any atom is 0.225 e. The molecule has 1 aromatic carbocycles. The van der Waals surface area contributed by atoms with E-state index in [2.05, 4.69) is 5.32 Å². The number of nitrogens with zero attached hydrogens (tertiary/aromatic N) is 1. The number of benzene rings is 1. The van der Waals surface area contributed by atoms with E-state index in [1.165, 1.54) is 12.1 Å². The van der Waals surface area contributed by atoms with E-state index >= 15 is 0 Å². The molecule has 1 rings (SSSR count). The van der Waals surface area contributed by atoms with Gasteiger partial charge in [-0.1, -0.05) is 25.5 Å². The van der Waals surface area contributed by atoms with Gasteiger partial charge in [-0.25, -0.2) is 8.78 Å². The maximum atomic E-state index is 13.3. The smallest absolute Gasteiger partial charge is 0.225 e. The Hall–Kier alpha value is -1.96. The average molecular weight is 252 g/mol. The topological polar surface area (TPSA) is 52.9 Å². The summed E-state index contributed by atoms with van der Waals surface area (Å²) in [4.78, 5) is 11.6.